The van der Waals surface area contributed by atoms with E-state index in [0.29, 0.717) is 17.1 Å². The summed E-state index contributed by atoms with van der Waals surface area (Å²) >= 11 is 0. The second-order valence-corrected chi connectivity index (χ2v) is 4.65. The molecule has 0 saturated carbocycles. The van der Waals surface area contributed by atoms with Crippen molar-refractivity contribution in [2.75, 3.05) is 6.79 Å². The lowest BCUT2D eigenvalue weighted by molar-refractivity contribution is 0.174. The summed E-state index contributed by atoms with van der Waals surface area (Å²) in [6, 6.07) is 13.5. The van der Waals surface area contributed by atoms with Crippen molar-refractivity contribution in [2.24, 2.45) is 0 Å². The van der Waals surface area contributed by atoms with Crippen LogP contribution >= 0.6 is 0 Å². The number of hydrogen-bond donors (Lipinski definition) is 1. The molecule has 0 saturated heterocycles. The first-order valence-electron chi connectivity index (χ1n) is 6.54. The Labute approximate surface area is 121 Å². The van der Waals surface area contributed by atoms with Gasteiger partial charge in [-0.25, -0.2) is 4.39 Å². The van der Waals surface area contributed by atoms with Crippen molar-refractivity contribution in [3.05, 3.63) is 59.4 Å². The van der Waals surface area contributed by atoms with Gasteiger partial charge in [-0.15, -0.1) is 0 Å². The Morgan fingerprint density at radius 1 is 1.19 bits per heavy atom. The quantitative estimate of drug-likeness (QED) is 0.938. The van der Waals surface area contributed by atoms with E-state index in [2.05, 4.69) is 11.4 Å². The fraction of sp³-hybridized carbons (Fsp3) is 0.188. The fourth-order valence-electron chi connectivity index (χ4n) is 2.18. The predicted molar refractivity (Wildman–Crippen MR) is 74.2 cm³/mol. The minimum Gasteiger partial charge on any atom is -0.454 e. The molecule has 0 amide bonds. The van der Waals surface area contributed by atoms with E-state index >= 15 is 0 Å². The van der Waals surface area contributed by atoms with E-state index in [1.54, 1.807) is 36.4 Å². The highest BCUT2D eigenvalue weighted by Gasteiger charge is 2.17. The number of nitriles is 1. The van der Waals surface area contributed by atoms with E-state index in [1.807, 2.05) is 0 Å². The van der Waals surface area contributed by atoms with Gasteiger partial charge in [0.1, 0.15) is 11.9 Å². The molecule has 1 N–H and O–H groups in total. The lowest BCUT2D eigenvalue weighted by atomic mass is 10.1. The van der Waals surface area contributed by atoms with Gasteiger partial charge in [0, 0.05) is 12.1 Å². The monoisotopic (exact) mass is 284 g/mol. The van der Waals surface area contributed by atoms with Crippen LogP contribution in [0.25, 0.3) is 0 Å². The number of ether oxygens (including phenoxy) is 2. The van der Waals surface area contributed by atoms with E-state index in [4.69, 9.17) is 9.47 Å². The van der Waals surface area contributed by atoms with Gasteiger partial charge >= 0.3 is 0 Å². The van der Waals surface area contributed by atoms with Crippen molar-refractivity contribution in [3.63, 3.8) is 0 Å². The van der Waals surface area contributed by atoms with Gasteiger partial charge in [0.15, 0.2) is 11.5 Å². The Morgan fingerprint density at radius 2 is 2.00 bits per heavy atom. The molecule has 0 aromatic heterocycles. The number of fused-ring (bicyclic) bond motifs is 1. The normalized spacial score (nSPS) is 13.7. The molecule has 2 aromatic carbocycles. The number of benzene rings is 2. The fourth-order valence-corrected chi connectivity index (χ4v) is 2.18. The standard InChI is InChI=1S/C16H13FN2O2/c17-13-4-2-1-3-12(13)9-19-14(8-18)11-5-6-15-16(7-11)21-10-20-15/h1-7,14,19H,9-10H2. The van der Waals surface area contributed by atoms with Gasteiger partial charge in [-0.3, -0.25) is 5.32 Å². The summed E-state index contributed by atoms with van der Waals surface area (Å²) in [5.41, 5.74) is 1.29. The van der Waals surface area contributed by atoms with Gasteiger partial charge in [0.05, 0.1) is 6.07 Å². The van der Waals surface area contributed by atoms with Crippen molar-refractivity contribution in [3.8, 4) is 17.6 Å². The summed E-state index contributed by atoms with van der Waals surface area (Å²) in [5, 5.41) is 12.3. The third-order valence-corrected chi connectivity index (χ3v) is 3.31. The maximum atomic E-state index is 13.6. The third-order valence-electron chi connectivity index (χ3n) is 3.31. The van der Waals surface area contributed by atoms with Crippen LogP contribution < -0.4 is 14.8 Å². The average Bonchev–Trinajstić information content (AvgIpc) is 2.97. The number of rotatable bonds is 4. The number of nitrogens with one attached hydrogen (secondary N) is 1. The van der Waals surface area contributed by atoms with Gasteiger partial charge in [-0.2, -0.15) is 5.26 Å². The second-order valence-electron chi connectivity index (χ2n) is 4.65. The first kappa shape index (κ1) is 13.4. The highest BCUT2D eigenvalue weighted by atomic mass is 19.1. The minimum absolute atomic E-state index is 0.193. The Bertz CT molecular complexity index is 697. The van der Waals surface area contributed by atoms with Crippen LogP contribution in [-0.2, 0) is 6.54 Å². The molecule has 0 radical (unpaired) electrons. The van der Waals surface area contributed by atoms with E-state index in [9.17, 15) is 9.65 Å². The predicted octanol–water partition coefficient (Wildman–Crippen LogP) is 2.91. The Morgan fingerprint density at radius 3 is 2.81 bits per heavy atom. The van der Waals surface area contributed by atoms with Gasteiger partial charge in [-0.1, -0.05) is 24.3 Å². The molecule has 1 aliphatic heterocycles. The van der Waals surface area contributed by atoms with Crippen LogP contribution in [0.15, 0.2) is 42.5 Å². The van der Waals surface area contributed by atoms with Crippen LogP contribution in [0.1, 0.15) is 17.2 Å². The molecular weight excluding hydrogens is 271 g/mol. The molecular formula is C16H13FN2O2. The molecule has 4 nitrogen and oxygen atoms in total. The smallest absolute Gasteiger partial charge is 0.231 e. The molecule has 0 aliphatic carbocycles. The zero-order valence-corrected chi connectivity index (χ0v) is 11.2. The van der Waals surface area contributed by atoms with Crippen LogP contribution in [0.2, 0.25) is 0 Å². The van der Waals surface area contributed by atoms with E-state index < -0.39 is 6.04 Å². The van der Waals surface area contributed by atoms with Gasteiger partial charge < -0.3 is 9.47 Å². The van der Waals surface area contributed by atoms with Gasteiger partial charge in [0.2, 0.25) is 6.79 Å². The van der Waals surface area contributed by atoms with E-state index in [0.717, 1.165) is 5.56 Å². The van der Waals surface area contributed by atoms with Crippen LogP contribution in [0, 0.1) is 17.1 Å². The molecule has 0 fully saturated rings. The average molecular weight is 284 g/mol. The molecule has 3 rings (SSSR count). The summed E-state index contributed by atoms with van der Waals surface area (Å²) in [4.78, 5) is 0. The van der Waals surface area contributed by atoms with Gasteiger partial charge in [-0.05, 0) is 23.8 Å². The molecule has 5 heteroatoms. The molecule has 2 aromatic rings. The summed E-state index contributed by atoms with van der Waals surface area (Å²) < 4.78 is 24.1. The van der Waals surface area contributed by atoms with Crippen molar-refractivity contribution in [1.82, 2.24) is 5.32 Å². The summed E-state index contributed by atoms with van der Waals surface area (Å²) in [5.74, 6) is 1.01. The van der Waals surface area contributed by atoms with Crippen molar-refractivity contribution < 1.29 is 13.9 Å². The minimum atomic E-state index is -0.542. The second kappa shape index (κ2) is 5.81. The van der Waals surface area contributed by atoms with E-state index in [-0.39, 0.29) is 19.2 Å². The topological polar surface area (TPSA) is 54.3 Å². The number of hydrogen-bond acceptors (Lipinski definition) is 4. The molecule has 1 heterocycles. The largest absolute Gasteiger partial charge is 0.454 e. The summed E-state index contributed by atoms with van der Waals surface area (Å²) in [6.07, 6.45) is 0. The summed E-state index contributed by atoms with van der Waals surface area (Å²) in [7, 11) is 0. The van der Waals surface area contributed by atoms with Crippen molar-refractivity contribution in [2.45, 2.75) is 12.6 Å². The molecule has 106 valence electrons. The van der Waals surface area contributed by atoms with Crippen LogP contribution in [0.4, 0.5) is 4.39 Å². The van der Waals surface area contributed by atoms with Gasteiger partial charge in [0.25, 0.3) is 0 Å². The zero-order valence-electron chi connectivity index (χ0n) is 11.2. The molecule has 21 heavy (non-hydrogen) atoms. The SMILES string of the molecule is N#CC(NCc1ccccc1F)c1ccc2c(c1)OCO2. The number of halogens is 1. The highest BCUT2D eigenvalue weighted by Crippen LogP contribution is 2.34. The van der Waals surface area contributed by atoms with Crippen molar-refractivity contribution in [1.29, 1.82) is 5.26 Å². The maximum Gasteiger partial charge on any atom is 0.231 e. The van der Waals surface area contributed by atoms with Crippen LogP contribution in [-0.4, -0.2) is 6.79 Å². The summed E-state index contributed by atoms with van der Waals surface area (Å²) in [6.45, 7) is 0.470. The van der Waals surface area contributed by atoms with Crippen molar-refractivity contribution >= 4 is 0 Å². The van der Waals surface area contributed by atoms with Crippen LogP contribution in [0.5, 0.6) is 11.5 Å². The molecule has 0 spiro atoms. The Balaban J connectivity index is 1.74. The maximum absolute atomic E-state index is 13.6. The number of nitrogens with zero attached hydrogens (tertiary/aromatic N) is 1. The Kier molecular flexibility index (Phi) is 3.71. The first-order valence-corrected chi connectivity index (χ1v) is 6.54. The lowest BCUT2D eigenvalue weighted by Crippen LogP contribution is -2.20. The lowest BCUT2D eigenvalue weighted by Gasteiger charge is -2.13. The van der Waals surface area contributed by atoms with Crippen LogP contribution in [0.3, 0.4) is 0 Å². The molecule has 1 atom stereocenters. The van der Waals surface area contributed by atoms with E-state index in [1.165, 1.54) is 6.07 Å². The Hall–Kier alpha value is -2.58. The highest BCUT2D eigenvalue weighted by molar-refractivity contribution is 5.46. The molecule has 0 bridgehead atoms. The molecule has 1 unspecified atom stereocenters. The first-order chi connectivity index (χ1) is 10.3. The third kappa shape index (κ3) is 2.81. The molecule has 1 aliphatic rings. The zero-order chi connectivity index (χ0) is 14.7.